The van der Waals surface area contributed by atoms with E-state index in [2.05, 4.69) is 70.4 Å². The van der Waals surface area contributed by atoms with E-state index in [1.807, 2.05) is 50.5 Å². The van der Waals surface area contributed by atoms with Crippen molar-refractivity contribution in [3.63, 3.8) is 0 Å². The van der Waals surface area contributed by atoms with E-state index in [4.69, 9.17) is 9.72 Å². The molecule has 17 heteroatoms. The lowest BCUT2D eigenvalue weighted by molar-refractivity contribution is -0.136. The molecule has 348 valence electrons. The number of hydrogen-bond acceptors (Lipinski definition) is 13. The largest absolute Gasteiger partial charge is 0.494 e. The first-order valence-corrected chi connectivity index (χ1v) is 23.0. The minimum atomic E-state index is -0.987. The first kappa shape index (κ1) is 45.1. The molecule has 9 rings (SSSR count). The highest BCUT2D eigenvalue weighted by atomic mass is 16.5. The summed E-state index contributed by atoms with van der Waals surface area (Å²) < 4.78 is 7.97. The number of ether oxygens (including phenoxy) is 1. The van der Waals surface area contributed by atoms with E-state index in [-0.39, 0.29) is 35.9 Å². The zero-order valence-corrected chi connectivity index (χ0v) is 38.2. The SMILES string of the molecule is C=CC(=O)Nc1cc(Nc2nccc(-c3cn(C)c4ccccc34)n2)c(OC)cc1N(C)CCN1CCC(CN2CCC[C@@H](Nc3ccc4c(c3)C(=O)N(C3CCC(=O)NC3=O)C4=O)C2)CC1. The third-order valence-electron chi connectivity index (χ3n) is 13.5. The molecule has 3 saturated heterocycles. The molecule has 0 bridgehead atoms. The number of likely N-dealkylation sites (tertiary alicyclic amines) is 2. The quantitative estimate of drug-likeness (QED) is 0.0749. The third-order valence-corrected chi connectivity index (χ3v) is 13.5. The summed E-state index contributed by atoms with van der Waals surface area (Å²) in [5.41, 5.74) is 6.22. The van der Waals surface area contributed by atoms with Gasteiger partial charge in [-0.15, -0.1) is 0 Å². The molecule has 5 aromatic rings. The second-order valence-corrected chi connectivity index (χ2v) is 18.0. The van der Waals surface area contributed by atoms with E-state index >= 15 is 0 Å². The predicted molar refractivity (Wildman–Crippen MR) is 258 cm³/mol. The number of carbonyl (C=O) groups is 5. The van der Waals surface area contributed by atoms with Crippen molar-refractivity contribution >= 4 is 69.1 Å². The minimum Gasteiger partial charge on any atom is -0.494 e. The molecule has 2 aromatic heterocycles. The number of nitrogens with zero attached hydrogens (tertiary/aromatic N) is 7. The van der Waals surface area contributed by atoms with Gasteiger partial charge in [-0.05, 0) is 100 Å². The van der Waals surface area contributed by atoms with Gasteiger partial charge in [-0.25, -0.2) is 9.97 Å². The van der Waals surface area contributed by atoms with Crippen LogP contribution in [0.15, 0.2) is 85.7 Å². The second kappa shape index (κ2) is 19.4. The maximum atomic E-state index is 13.4. The van der Waals surface area contributed by atoms with Crippen LogP contribution in [0.2, 0.25) is 0 Å². The number of rotatable bonds is 15. The molecule has 67 heavy (non-hydrogen) atoms. The van der Waals surface area contributed by atoms with E-state index in [1.54, 1.807) is 25.4 Å². The number of piperidine rings is 3. The molecular formula is C50H57N11O6. The maximum Gasteiger partial charge on any atom is 0.262 e. The molecule has 4 aliphatic heterocycles. The first-order valence-electron chi connectivity index (χ1n) is 23.0. The van der Waals surface area contributed by atoms with Gasteiger partial charge in [-0.3, -0.25) is 34.2 Å². The van der Waals surface area contributed by atoms with Gasteiger partial charge in [0.15, 0.2) is 0 Å². The Hall–Kier alpha value is -7.11. The molecule has 6 heterocycles. The number of benzene rings is 3. The van der Waals surface area contributed by atoms with Gasteiger partial charge in [0.2, 0.25) is 23.7 Å². The number of para-hydroxylation sites is 1. The molecule has 3 aromatic carbocycles. The van der Waals surface area contributed by atoms with Crippen LogP contribution in [0, 0.1) is 5.92 Å². The number of fused-ring (bicyclic) bond motifs is 2. The summed E-state index contributed by atoms with van der Waals surface area (Å²) in [6.07, 6.45) is 9.50. The summed E-state index contributed by atoms with van der Waals surface area (Å²) in [4.78, 5) is 81.0. The fourth-order valence-corrected chi connectivity index (χ4v) is 9.98. The van der Waals surface area contributed by atoms with E-state index in [1.165, 1.54) is 6.08 Å². The van der Waals surface area contributed by atoms with Gasteiger partial charge in [0.25, 0.3) is 11.8 Å². The van der Waals surface area contributed by atoms with Crippen molar-refractivity contribution in [2.75, 3.05) is 80.8 Å². The smallest absolute Gasteiger partial charge is 0.262 e. The molecule has 3 fully saturated rings. The highest BCUT2D eigenvalue weighted by molar-refractivity contribution is 6.23. The Morgan fingerprint density at radius 1 is 0.940 bits per heavy atom. The van der Waals surface area contributed by atoms with Crippen molar-refractivity contribution in [2.45, 2.75) is 50.6 Å². The van der Waals surface area contributed by atoms with Crippen LogP contribution in [0.5, 0.6) is 5.75 Å². The number of anilines is 5. The predicted octanol–water partition coefficient (Wildman–Crippen LogP) is 5.64. The zero-order chi connectivity index (χ0) is 46.8. The van der Waals surface area contributed by atoms with Gasteiger partial charge in [-0.2, -0.15) is 0 Å². The van der Waals surface area contributed by atoms with Crippen LogP contribution in [0.25, 0.3) is 22.2 Å². The van der Waals surface area contributed by atoms with E-state index < -0.39 is 29.7 Å². The van der Waals surface area contributed by atoms with Gasteiger partial charge >= 0.3 is 0 Å². The number of aryl methyl sites for hydroxylation is 1. The molecule has 5 amide bonds. The summed E-state index contributed by atoms with van der Waals surface area (Å²) >= 11 is 0. The Labute approximate surface area is 389 Å². The summed E-state index contributed by atoms with van der Waals surface area (Å²) in [6.45, 7) is 10.2. The number of likely N-dealkylation sites (N-methyl/N-ethyl adjacent to an activating group) is 1. The summed E-state index contributed by atoms with van der Waals surface area (Å²) in [6, 6.07) is 18.3. The zero-order valence-electron chi connectivity index (χ0n) is 38.2. The molecule has 0 spiro atoms. The molecule has 2 atom stereocenters. The maximum absolute atomic E-state index is 13.4. The molecular weight excluding hydrogens is 851 g/mol. The van der Waals surface area contributed by atoms with Crippen LogP contribution in [0.1, 0.15) is 59.2 Å². The van der Waals surface area contributed by atoms with Gasteiger partial charge in [0.1, 0.15) is 11.8 Å². The van der Waals surface area contributed by atoms with Crippen molar-refractivity contribution in [1.82, 2.24) is 34.6 Å². The lowest BCUT2D eigenvalue weighted by atomic mass is 9.94. The van der Waals surface area contributed by atoms with Gasteiger partial charge in [-0.1, -0.05) is 24.8 Å². The second-order valence-electron chi connectivity index (χ2n) is 18.0. The van der Waals surface area contributed by atoms with Gasteiger partial charge < -0.3 is 40.0 Å². The average Bonchev–Trinajstić information content (AvgIpc) is 3.80. The Bertz CT molecular complexity index is 2750. The Kier molecular flexibility index (Phi) is 13.0. The van der Waals surface area contributed by atoms with Crippen LogP contribution in [0.4, 0.5) is 28.7 Å². The summed E-state index contributed by atoms with van der Waals surface area (Å²) in [7, 11) is 5.66. The van der Waals surface area contributed by atoms with E-state index in [0.717, 1.165) is 110 Å². The number of imide groups is 2. The van der Waals surface area contributed by atoms with E-state index in [0.29, 0.717) is 29.0 Å². The summed E-state index contributed by atoms with van der Waals surface area (Å²) in [5.74, 6) is -0.794. The minimum absolute atomic E-state index is 0.0835. The number of carbonyl (C=O) groups excluding carboxylic acids is 5. The molecule has 0 aliphatic carbocycles. The number of nitrogens with one attached hydrogen (secondary N) is 4. The lowest BCUT2D eigenvalue weighted by Gasteiger charge is -2.39. The Balaban J connectivity index is 0.780. The third kappa shape index (κ3) is 9.60. The van der Waals surface area contributed by atoms with Crippen molar-refractivity contribution in [3.8, 4) is 17.0 Å². The molecule has 0 radical (unpaired) electrons. The van der Waals surface area contributed by atoms with Gasteiger partial charge in [0.05, 0.1) is 41.0 Å². The van der Waals surface area contributed by atoms with Crippen molar-refractivity contribution in [2.24, 2.45) is 13.0 Å². The summed E-state index contributed by atoms with van der Waals surface area (Å²) in [5, 5.41) is 13.3. The Morgan fingerprint density at radius 2 is 1.75 bits per heavy atom. The van der Waals surface area contributed by atoms with E-state index in [9.17, 15) is 24.0 Å². The lowest BCUT2D eigenvalue weighted by Crippen LogP contribution is -2.54. The van der Waals surface area contributed by atoms with Crippen molar-refractivity contribution in [1.29, 1.82) is 0 Å². The fraction of sp³-hybridized carbons (Fsp3) is 0.380. The average molecular weight is 908 g/mol. The molecule has 1 unspecified atom stereocenters. The van der Waals surface area contributed by atoms with Crippen LogP contribution in [0.3, 0.4) is 0 Å². The standard InChI is InChI=1S/C50H57N11O6/c1-5-45(62)53-39-26-40(55-50-51-19-16-38(54-50)37-30-58(3)41-11-7-6-10-34(37)41)44(67-4)27-43(39)57(2)23-24-59-21-17-31(18-22-59)28-60-20-8-9-33(29-60)52-32-12-13-35-36(25-32)49(66)61(48(35)65)42-14-15-46(63)56-47(42)64/h5-7,10-13,16,19,25-27,30-31,33,42,52H,1,8-9,14-15,17-18,20-24,28-29H2,2-4H3,(H,53,62)(H,51,54,55)(H,56,63,64)/t33-,42?/m1/s1. The molecule has 4 N–H and O–H groups in total. The number of aromatic nitrogens is 3. The van der Waals surface area contributed by atoms with Gasteiger partial charge in [0, 0.05) is 93.4 Å². The monoisotopic (exact) mass is 907 g/mol. The van der Waals surface area contributed by atoms with Crippen LogP contribution in [-0.2, 0) is 21.4 Å². The number of hydrogen-bond donors (Lipinski definition) is 4. The van der Waals surface area contributed by atoms with Crippen molar-refractivity contribution < 1.29 is 28.7 Å². The molecule has 0 saturated carbocycles. The van der Waals surface area contributed by atoms with Crippen LogP contribution >= 0.6 is 0 Å². The van der Waals surface area contributed by atoms with Crippen molar-refractivity contribution in [3.05, 3.63) is 96.8 Å². The molecule has 4 aliphatic rings. The number of amides is 5. The topological polar surface area (TPSA) is 186 Å². The normalized spacial score (nSPS) is 19.3. The van der Waals surface area contributed by atoms with Crippen LogP contribution in [-0.4, -0.2) is 131 Å². The fourth-order valence-electron chi connectivity index (χ4n) is 9.98. The molecule has 17 nitrogen and oxygen atoms in total. The highest BCUT2D eigenvalue weighted by Crippen LogP contribution is 2.39. The highest BCUT2D eigenvalue weighted by Gasteiger charge is 2.44. The van der Waals surface area contributed by atoms with Crippen LogP contribution < -0.4 is 30.9 Å². The number of methoxy groups -OCH3 is 1. The first-order chi connectivity index (χ1) is 32.5. The Morgan fingerprint density at radius 3 is 2.54 bits per heavy atom.